The van der Waals surface area contributed by atoms with Crippen LogP contribution in [0.2, 0.25) is 0 Å². The van der Waals surface area contributed by atoms with E-state index in [1.165, 1.54) is 30.4 Å². The standard InChI is InChI=1S/C25H32N4O2/c1-18-15-21(16-26-23(18)29-12-6-5-7-19(29)2)27-24(30)28-13-10-25(11-14-28)22-9-4-3-8-20(22)17-31-25/h3-4,8-9,15-16,19H,5-7,10-14,17H2,1-2H3,(H,27,30). The van der Waals surface area contributed by atoms with Crippen LogP contribution in [-0.4, -0.2) is 41.6 Å². The lowest BCUT2D eigenvalue weighted by Gasteiger charge is -2.39. The molecule has 2 saturated heterocycles. The molecule has 2 fully saturated rings. The van der Waals surface area contributed by atoms with Crippen LogP contribution in [0.15, 0.2) is 36.5 Å². The Morgan fingerprint density at radius 2 is 2.00 bits per heavy atom. The van der Waals surface area contributed by atoms with Crippen molar-refractivity contribution >= 4 is 17.5 Å². The summed E-state index contributed by atoms with van der Waals surface area (Å²) in [5.41, 5.74) is 4.24. The van der Waals surface area contributed by atoms with E-state index in [-0.39, 0.29) is 11.6 Å². The second kappa shape index (κ2) is 8.15. The highest BCUT2D eigenvalue weighted by atomic mass is 16.5. The molecule has 1 atom stereocenters. The van der Waals surface area contributed by atoms with Crippen molar-refractivity contribution in [2.24, 2.45) is 0 Å². The van der Waals surface area contributed by atoms with Crippen molar-refractivity contribution in [2.75, 3.05) is 29.9 Å². The van der Waals surface area contributed by atoms with Gasteiger partial charge in [0.25, 0.3) is 0 Å². The maximum Gasteiger partial charge on any atom is 0.321 e. The fourth-order valence-corrected chi connectivity index (χ4v) is 5.42. The minimum absolute atomic E-state index is 0.0542. The molecule has 1 aromatic heterocycles. The van der Waals surface area contributed by atoms with Gasteiger partial charge in [0, 0.05) is 25.7 Å². The van der Waals surface area contributed by atoms with Gasteiger partial charge in [0.2, 0.25) is 0 Å². The van der Waals surface area contributed by atoms with Crippen LogP contribution in [-0.2, 0) is 16.9 Å². The van der Waals surface area contributed by atoms with Gasteiger partial charge in [-0.15, -0.1) is 0 Å². The van der Waals surface area contributed by atoms with Crippen LogP contribution < -0.4 is 10.2 Å². The van der Waals surface area contributed by atoms with Crippen LogP contribution >= 0.6 is 0 Å². The molecule has 2 aromatic rings. The van der Waals surface area contributed by atoms with Crippen molar-refractivity contribution in [3.05, 3.63) is 53.2 Å². The number of carbonyl (C=O) groups is 1. The van der Waals surface area contributed by atoms with E-state index in [0.29, 0.717) is 25.7 Å². The summed E-state index contributed by atoms with van der Waals surface area (Å²) in [7, 11) is 0. The number of amides is 2. The van der Waals surface area contributed by atoms with Gasteiger partial charge in [-0.2, -0.15) is 0 Å². The Kier molecular flexibility index (Phi) is 5.34. The number of aryl methyl sites for hydroxylation is 1. The maximum absolute atomic E-state index is 12.9. The SMILES string of the molecule is Cc1cc(NC(=O)N2CCC3(CC2)OCc2ccccc23)cnc1N1CCCCC1C. The highest BCUT2D eigenvalue weighted by Crippen LogP contribution is 2.44. The molecule has 0 radical (unpaired) electrons. The molecule has 1 spiro atoms. The lowest BCUT2D eigenvalue weighted by Crippen LogP contribution is -2.46. The predicted molar refractivity (Wildman–Crippen MR) is 122 cm³/mol. The summed E-state index contributed by atoms with van der Waals surface area (Å²) >= 11 is 0. The molecule has 1 unspecified atom stereocenters. The average Bonchev–Trinajstić information content (AvgIpc) is 3.13. The second-order valence-corrected chi connectivity index (χ2v) is 9.26. The molecular formula is C25H32N4O2. The minimum Gasteiger partial charge on any atom is -0.365 e. The van der Waals surface area contributed by atoms with Gasteiger partial charge in [0.15, 0.2) is 0 Å². The molecule has 0 bridgehead atoms. The summed E-state index contributed by atoms with van der Waals surface area (Å²) in [6, 6.07) is 11.0. The van der Waals surface area contributed by atoms with Crippen molar-refractivity contribution in [1.82, 2.24) is 9.88 Å². The number of carbonyl (C=O) groups excluding carboxylic acids is 1. The monoisotopic (exact) mass is 420 g/mol. The molecule has 6 nitrogen and oxygen atoms in total. The first-order valence-electron chi connectivity index (χ1n) is 11.6. The zero-order valence-electron chi connectivity index (χ0n) is 18.6. The van der Waals surface area contributed by atoms with Gasteiger partial charge >= 0.3 is 6.03 Å². The first kappa shape index (κ1) is 20.3. The maximum atomic E-state index is 12.9. The highest BCUT2D eigenvalue weighted by Gasteiger charge is 2.43. The van der Waals surface area contributed by atoms with Gasteiger partial charge in [-0.05, 0) is 68.7 Å². The number of benzene rings is 1. The number of pyridine rings is 1. The molecule has 0 aliphatic carbocycles. The third kappa shape index (κ3) is 3.78. The van der Waals surface area contributed by atoms with E-state index < -0.39 is 0 Å². The van der Waals surface area contributed by atoms with E-state index in [2.05, 4.69) is 48.3 Å². The van der Waals surface area contributed by atoms with Gasteiger partial charge in [-0.3, -0.25) is 0 Å². The Labute approximate surface area is 184 Å². The molecule has 2 amide bonds. The molecule has 6 heteroatoms. The Hall–Kier alpha value is -2.60. The molecule has 3 aliphatic heterocycles. The van der Waals surface area contributed by atoms with Gasteiger partial charge in [-0.1, -0.05) is 24.3 Å². The summed E-state index contributed by atoms with van der Waals surface area (Å²) in [5, 5.41) is 3.06. The smallest absolute Gasteiger partial charge is 0.321 e. The van der Waals surface area contributed by atoms with Crippen LogP contribution in [0.25, 0.3) is 0 Å². The number of nitrogens with zero attached hydrogens (tertiary/aromatic N) is 3. The number of piperidine rings is 2. The van der Waals surface area contributed by atoms with Gasteiger partial charge < -0.3 is 19.9 Å². The number of hydrogen-bond acceptors (Lipinski definition) is 4. The molecule has 164 valence electrons. The first-order chi connectivity index (χ1) is 15.1. The third-order valence-electron chi connectivity index (χ3n) is 7.25. The first-order valence-corrected chi connectivity index (χ1v) is 11.6. The highest BCUT2D eigenvalue weighted by molar-refractivity contribution is 5.89. The topological polar surface area (TPSA) is 57.7 Å². The Bertz CT molecular complexity index is 968. The van der Waals surface area contributed by atoms with E-state index in [9.17, 15) is 4.79 Å². The number of nitrogens with one attached hydrogen (secondary N) is 1. The van der Waals surface area contributed by atoms with Gasteiger partial charge in [-0.25, -0.2) is 9.78 Å². The summed E-state index contributed by atoms with van der Waals surface area (Å²) in [6.45, 7) is 7.47. The van der Waals surface area contributed by atoms with Crippen molar-refractivity contribution in [3.63, 3.8) is 0 Å². The van der Waals surface area contributed by atoms with E-state index >= 15 is 0 Å². The normalized spacial score (nSPS) is 22.5. The van der Waals surface area contributed by atoms with Crippen molar-refractivity contribution < 1.29 is 9.53 Å². The average molecular weight is 421 g/mol. The zero-order chi connectivity index (χ0) is 21.4. The Morgan fingerprint density at radius 1 is 1.19 bits per heavy atom. The fourth-order valence-electron chi connectivity index (χ4n) is 5.42. The molecule has 3 aliphatic rings. The van der Waals surface area contributed by atoms with Crippen LogP contribution in [0.4, 0.5) is 16.3 Å². The Morgan fingerprint density at radius 3 is 2.77 bits per heavy atom. The quantitative estimate of drug-likeness (QED) is 0.757. The van der Waals surface area contributed by atoms with Gasteiger partial charge in [0.1, 0.15) is 5.82 Å². The lowest BCUT2D eigenvalue weighted by atomic mass is 9.84. The van der Waals surface area contributed by atoms with Crippen molar-refractivity contribution in [3.8, 4) is 0 Å². The second-order valence-electron chi connectivity index (χ2n) is 9.26. The molecular weight excluding hydrogens is 388 g/mol. The summed E-state index contributed by atoms with van der Waals surface area (Å²) in [4.78, 5) is 21.9. The van der Waals surface area contributed by atoms with E-state index in [0.717, 1.165) is 36.5 Å². The van der Waals surface area contributed by atoms with E-state index in [4.69, 9.17) is 9.72 Å². The molecule has 5 rings (SSSR count). The Balaban J connectivity index is 1.22. The minimum atomic E-state index is -0.224. The predicted octanol–water partition coefficient (Wildman–Crippen LogP) is 4.82. The number of rotatable bonds is 2. The zero-order valence-corrected chi connectivity index (χ0v) is 18.6. The van der Waals surface area contributed by atoms with Crippen LogP contribution in [0, 0.1) is 6.92 Å². The molecule has 0 saturated carbocycles. The van der Waals surface area contributed by atoms with E-state index in [1.807, 2.05) is 11.0 Å². The third-order valence-corrected chi connectivity index (χ3v) is 7.25. The number of fused-ring (bicyclic) bond motifs is 2. The largest absolute Gasteiger partial charge is 0.365 e. The summed E-state index contributed by atoms with van der Waals surface area (Å²) in [5.74, 6) is 1.04. The van der Waals surface area contributed by atoms with Crippen molar-refractivity contribution in [1.29, 1.82) is 0 Å². The van der Waals surface area contributed by atoms with Gasteiger partial charge in [0.05, 0.1) is 24.1 Å². The number of likely N-dealkylation sites (tertiary alicyclic amines) is 1. The van der Waals surface area contributed by atoms with Crippen LogP contribution in [0.1, 0.15) is 55.7 Å². The lowest BCUT2D eigenvalue weighted by molar-refractivity contribution is -0.0722. The number of hydrogen-bond donors (Lipinski definition) is 1. The van der Waals surface area contributed by atoms with Crippen molar-refractivity contribution in [2.45, 2.75) is 64.2 Å². The molecule has 31 heavy (non-hydrogen) atoms. The molecule has 1 N–H and O–H groups in total. The number of urea groups is 1. The van der Waals surface area contributed by atoms with Crippen LogP contribution in [0.5, 0.6) is 0 Å². The number of ether oxygens (including phenoxy) is 1. The van der Waals surface area contributed by atoms with E-state index in [1.54, 1.807) is 6.20 Å². The van der Waals surface area contributed by atoms with Crippen LogP contribution in [0.3, 0.4) is 0 Å². The molecule has 1 aromatic carbocycles. The summed E-state index contributed by atoms with van der Waals surface area (Å²) < 4.78 is 6.22. The molecule has 4 heterocycles. The summed E-state index contributed by atoms with van der Waals surface area (Å²) in [6.07, 6.45) is 7.18. The number of anilines is 2. The number of aromatic nitrogens is 1. The fraction of sp³-hybridized carbons (Fsp3) is 0.520.